The van der Waals surface area contributed by atoms with E-state index in [4.69, 9.17) is 9.84 Å². The zero-order valence-electron chi connectivity index (χ0n) is 12.8. The number of ether oxygens (including phenoxy) is 1. The second-order valence-electron chi connectivity index (χ2n) is 5.77. The number of rotatable bonds is 6. The molecule has 5 N–H and O–H groups in total. The van der Waals surface area contributed by atoms with Gasteiger partial charge in [0.1, 0.15) is 34.9 Å². The molecule has 0 bridgehead atoms. The molecule has 0 unspecified atom stereocenters. The number of nitrogens with zero attached hydrogens (tertiary/aromatic N) is 1. The number of hydrogen-bond acceptors (Lipinski definition) is 12. The number of hydrogen-bond donors (Lipinski definition) is 5. The van der Waals surface area contributed by atoms with Gasteiger partial charge in [-0.25, -0.2) is 0 Å². The summed E-state index contributed by atoms with van der Waals surface area (Å²) in [4.78, 5) is 0. The molecule has 0 aromatic rings. The molecule has 0 spiro atoms. The lowest BCUT2D eigenvalue weighted by atomic mass is 10.0. The fourth-order valence-corrected chi connectivity index (χ4v) is 3.36. The average Bonchev–Trinajstić information content (AvgIpc) is 2.43. The smallest absolute Gasteiger partial charge is 0.284 e. The van der Waals surface area contributed by atoms with Crippen molar-refractivity contribution >= 4 is 27.2 Å². The summed E-state index contributed by atoms with van der Waals surface area (Å²) in [5, 5.41) is 51.1. The van der Waals surface area contributed by atoms with E-state index in [0.29, 0.717) is 11.8 Å². The summed E-state index contributed by atoms with van der Waals surface area (Å²) in [6.07, 6.45) is -6.24. The molecule has 24 heavy (non-hydrogen) atoms. The summed E-state index contributed by atoms with van der Waals surface area (Å²) in [5.74, 6) is 0. The Bertz CT molecular complexity index is 543. The third-order valence-corrected chi connectivity index (χ3v) is 4.29. The Morgan fingerprint density at radius 1 is 1.29 bits per heavy atom. The molecule has 0 aromatic heterocycles. The molecule has 0 saturated carbocycles. The van der Waals surface area contributed by atoms with E-state index in [-0.39, 0.29) is 11.5 Å². The van der Waals surface area contributed by atoms with Crippen molar-refractivity contribution in [2.24, 2.45) is 5.16 Å². The van der Waals surface area contributed by atoms with Crippen LogP contribution < -0.4 is 0 Å². The maximum atomic E-state index is 10.5. The Kier molecular flexibility index (Phi) is 7.40. The van der Waals surface area contributed by atoms with Gasteiger partial charge in [-0.3, -0.25) is 4.28 Å². The van der Waals surface area contributed by atoms with Crippen LogP contribution in [0.2, 0.25) is 0 Å². The SMILES string of the molecule is CC(C)(O)C/C(=N/OS(=O)(=O)[O-])S[C@@H]1O[C@H](CO)[C@@H](O)[C@H](O)[C@H]1O. The molecule has 1 fully saturated rings. The van der Waals surface area contributed by atoms with Gasteiger partial charge in [-0.1, -0.05) is 16.9 Å². The minimum atomic E-state index is -5.13. The van der Waals surface area contributed by atoms with E-state index in [9.17, 15) is 33.4 Å². The van der Waals surface area contributed by atoms with Crippen molar-refractivity contribution in [2.75, 3.05) is 6.61 Å². The Balaban J connectivity index is 2.95. The second kappa shape index (κ2) is 8.25. The molecule has 0 aliphatic carbocycles. The van der Waals surface area contributed by atoms with Crippen molar-refractivity contribution in [1.29, 1.82) is 0 Å². The lowest BCUT2D eigenvalue weighted by molar-refractivity contribution is -0.205. The van der Waals surface area contributed by atoms with Gasteiger partial charge in [0.15, 0.2) is 0 Å². The molecule has 1 aliphatic heterocycles. The van der Waals surface area contributed by atoms with Gasteiger partial charge in [0.25, 0.3) is 10.4 Å². The maximum absolute atomic E-state index is 10.5. The van der Waals surface area contributed by atoms with Crippen molar-refractivity contribution in [3.63, 3.8) is 0 Å². The van der Waals surface area contributed by atoms with Crippen molar-refractivity contribution in [2.45, 2.75) is 55.7 Å². The summed E-state index contributed by atoms with van der Waals surface area (Å²) in [6.45, 7) is 2.11. The Labute approximate surface area is 142 Å². The minimum Gasteiger partial charge on any atom is -0.714 e. The lowest BCUT2D eigenvalue weighted by Gasteiger charge is -2.39. The van der Waals surface area contributed by atoms with Gasteiger partial charge in [0.2, 0.25) is 0 Å². The highest BCUT2D eigenvalue weighted by Gasteiger charge is 2.44. The first kappa shape index (κ1) is 21.5. The number of aliphatic hydroxyl groups excluding tert-OH is 4. The van der Waals surface area contributed by atoms with Crippen molar-refractivity contribution in [1.82, 2.24) is 0 Å². The average molecular weight is 390 g/mol. The van der Waals surface area contributed by atoms with Gasteiger partial charge >= 0.3 is 0 Å². The molecule has 11 nitrogen and oxygen atoms in total. The van der Waals surface area contributed by atoms with Gasteiger partial charge in [0.05, 0.1) is 12.2 Å². The molecule has 1 saturated heterocycles. The van der Waals surface area contributed by atoms with Crippen molar-refractivity contribution in [3.8, 4) is 0 Å². The van der Waals surface area contributed by atoms with Crippen LogP contribution in [0, 0.1) is 0 Å². The summed E-state index contributed by atoms with van der Waals surface area (Å²) in [6, 6.07) is 0. The highest BCUT2D eigenvalue weighted by molar-refractivity contribution is 8.14. The maximum Gasteiger partial charge on any atom is 0.284 e. The van der Waals surface area contributed by atoms with Gasteiger partial charge in [-0.2, -0.15) is 8.42 Å². The summed E-state index contributed by atoms with van der Waals surface area (Å²) >= 11 is 0.573. The highest BCUT2D eigenvalue weighted by Crippen LogP contribution is 2.31. The van der Waals surface area contributed by atoms with Crippen LogP contribution in [-0.2, 0) is 19.4 Å². The highest BCUT2D eigenvalue weighted by atomic mass is 32.3. The second-order valence-corrected chi connectivity index (χ2v) is 7.91. The molecule has 1 rings (SSSR count). The minimum absolute atomic E-state index is 0.216. The van der Waals surface area contributed by atoms with E-state index in [1.54, 1.807) is 0 Å². The van der Waals surface area contributed by atoms with Gasteiger partial charge in [0, 0.05) is 6.42 Å². The van der Waals surface area contributed by atoms with Crippen LogP contribution in [0.25, 0.3) is 0 Å². The number of aliphatic hydroxyl groups is 5. The molecule has 13 heteroatoms. The van der Waals surface area contributed by atoms with Crippen molar-refractivity contribution < 1.29 is 47.5 Å². The zero-order chi connectivity index (χ0) is 18.7. The third kappa shape index (κ3) is 6.78. The molecule has 1 heterocycles. The normalized spacial score (nSPS) is 32.7. The topological polar surface area (TPSA) is 189 Å². The molecular weight excluding hydrogens is 370 g/mol. The van der Waals surface area contributed by atoms with E-state index in [2.05, 4.69) is 9.44 Å². The molecule has 1 aliphatic rings. The standard InChI is InChI=1S/C11H21NO10S2/c1-11(2,17)3-6(12-22-24(18,19)20)23-10-9(16)8(15)7(14)5(4-13)21-10/h5,7-10,13-17H,3-4H2,1-2H3,(H,18,19,20)/p-1/b12-6-/t5-,7-,8+,9-,10+/m1/s1. The predicted octanol–water partition coefficient (Wildman–Crippen LogP) is -2.53. The molecule has 0 amide bonds. The summed E-state index contributed by atoms with van der Waals surface area (Å²) in [7, 11) is -5.13. The van der Waals surface area contributed by atoms with Crippen LogP contribution in [0.15, 0.2) is 5.16 Å². The van der Waals surface area contributed by atoms with Crippen LogP contribution in [-0.4, -0.2) is 85.6 Å². The fourth-order valence-electron chi connectivity index (χ4n) is 1.85. The summed E-state index contributed by atoms with van der Waals surface area (Å²) in [5.41, 5.74) is -2.63. The quantitative estimate of drug-likeness (QED) is 0.106. The van der Waals surface area contributed by atoms with Crippen molar-refractivity contribution in [3.05, 3.63) is 0 Å². The number of oxime groups is 1. The first-order valence-electron chi connectivity index (χ1n) is 6.75. The van der Waals surface area contributed by atoms with E-state index in [1.165, 1.54) is 13.8 Å². The van der Waals surface area contributed by atoms with E-state index < -0.39 is 52.5 Å². The van der Waals surface area contributed by atoms with E-state index >= 15 is 0 Å². The third-order valence-electron chi connectivity index (χ3n) is 2.91. The van der Waals surface area contributed by atoms with E-state index in [1.807, 2.05) is 0 Å². The lowest BCUT2D eigenvalue weighted by Crippen LogP contribution is -2.57. The Hall–Kier alpha value is -0.510. The van der Waals surface area contributed by atoms with Crippen LogP contribution >= 0.6 is 11.8 Å². The van der Waals surface area contributed by atoms with Gasteiger partial charge in [-0.05, 0) is 13.8 Å². The predicted molar refractivity (Wildman–Crippen MR) is 80.5 cm³/mol. The first-order valence-corrected chi connectivity index (χ1v) is 8.96. The first-order chi connectivity index (χ1) is 10.8. The fraction of sp³-hybridized carbons (Fsp3) is 0.909. The Morgan fingerprint density at radius 3 is 2.33 bits per heavy atom. The molecule has 142 valence electrons. The van der Waals surface area contributed by atoms with E-state index in [0.717, 1.165) is 0 Å². The number of thioether (sulfide) groups is 1. The summed E-state index contributed by atoms with van der Waals surface area (Å²) < 4.78 is 40.5. The van der Waals surface area contributed by atoms with Crippen LogP contribution in [0.1, 0.15) is 20.3 Å². The molecule has 5 atom stereocenters. The van der Waals surface area contributed by atoms with Gasteiger partial charge in [-0.15, -0.1) is 0 Å². The zero-order valence-corrected chi connectivity index (χ0v) is 14.5. The molecule has 0 radical (unpaired) electrons. The molecular formula is C11H20NO10S2-. The van der Waals surface area contributed by atoms with Crippen LogP contribution in [0.4, 0.5) is 0 Å². The molecule has 0 aromatic carbocycles. The van der Waals surface area contributed by atoms with Gasteiger partial charge < -0.3 is 34.8 Å². The Morgan fingerprint density at radius 2 is 1.88 bits per heavy atom. The monoisotopic (exact) mass is 390 g/mol. The largest absolute Gasteiger partial charge is 0.714 e. The van der Waals surface area contributed by atoms with Crippen LogP contribution in [0.3, 0.4) is 0 Å². The van der Waals surface area contributed by atoms with Crippen LogP contribution in [0.5, 0.6) is 0 Å².